The van der Waals surface area contributed by atoms with E-state index in [-0.39, 0.29) is 12.1 Å². The van der Waals surface area contributed by atoms with Gasteiger partial charge in [0.15, 0.2) is 0 Å². The first-order valence-electron chi connectivity index (χ1n) is 8.96. The molecule has 146 valence electrons. The number of nitrogens with zero attached hydrogens (tertiary/aromatic N) is 3. The molecule has 0 atom stereocenters. The van der Waals surface area contributed by atoms with Gasteiger partial charge in [-0.15, -0.1) is 0 Å². The predicted molar refractivity (Wildman–Crippen MR) is 104 cm³/mol. The molecule has 0 aliphatic carbocycles. The summed E-state index contributed by atoms with van der Waals surface area (Å²) in [4.78, 5) is 42.5. The molecule has 4 amide bonds. The molecule has 0 aromatic carbocycles. The van der Waals surface area contributed by atoms with Crippen molar-refractivity contribution in [2.45, 2.75) is 20.4 Å². The number of carbonyl (C=O) groups excluding carboxylic acids is 3. The van der Waals surface area contributed by atoms with Crippen LogP contribution in [-0.2, 0) is 16.1 Å². The van der Waals surface area contributed by atoms with Crippen LogP contribution in [-0.4, -0.2) is 32.3 Å². The highest BCUT2D eigenvalue weighted by molar-refractivity contribution is 6.31. The lowest BCUT2D eigenvalue weighted by atomic mass is 10.1. The molecule has 29 heavy (non-hydrogen) atoms. The molecule has 1 aliphatic rings. The van der Waals surface area contributed by atoms with E-state index in [1.807, 2.05) is 36.6 Å². The fourth-order valence-corrected chi connectivity index (χ4v) is 3.37. The largest absolute Gasteiger partial charge is 0.467 e. The van der Waals surface area contributed by atoms with Crippen LogP contribution in [0.1, 0.15) is 22.7 Å². The van der Waals surface area contributed by atoms with E-state index in [1.165, 1.54) is 12.3 Å². The van der Waals surface area contributed by atoms with Crippen molar-refractivity contribution < 1.29 is 18.8 Å². The van der Waals surface area contributed by atoms with E-state index in [2.05, 4.69) is 10.3 Å². The van der Waals surface area contributed by atoms with Crippen LogP contribution >= 0.6 is 0 Å². The molecule has 0 bridgehead atoms. The number of barbiturate groups is 1. The lowest BCUT2D eigenvalue weighted by Crippen LogP contribution is -2.53. The zero-order chi connectivity index (χ0) is 20.5. The number of furan rings is 1. The molecule has 0 spiro atoms. The molecule has 4 rings (SSSR count). The second-order valence-electron chi connectivity index (χ2n) is 6.66. The van der Waals surface area contributed by atoms with Gasteiger partial charge in [0.25, 0.3) is 11.8 Å². The third-order valence-electron chi connectivity index (χ3n) is 4.75. The summed E-state index contributed by atoms with van der Waals surface area (Å²) in [6, 6.07) is 8.19. The second-order valence-corrected chi connectivity index (χ2v) is 6.66. The van der Waals surface area contributed by atoms with Gasteiger partial charge in [0, 0.05) is 17.6 Å². The van der Waals surface area contributed by atoms with Gasteiger partial charge in [-0.2, -0.15) is 0 Å². The Kier molecular flexibility index (Phi) is 4.59. The Morgan fingerprint density at radius 1 is 1.17 bits per heavy atom. The SMILES string of the molecule is Cc1cc(C=C2C(=O)NC(=O)N(Cc3ccco3)C2=O)c(C)n1-c1cccnc1. The molecule has 0 saturated carbocycles. The van der Waals surface area contributed by atoms with Crippen LogP contribution < -0.4 is 5.32 Å². The van der Waals surface area contributed by atoms with Crippen LogP contribution in [0.25, 0.3) is 11.8 Å². The van der Waals surface area contributed by atoms with Crippen molar-refractivity contribution in [1.29, 1.82) is 0 Å². The van der Waals surface area contributed by atoms with E-state index >= 15 is 0 Å². The minimum Gasteiger partial charge on any atom is -0.467 e. The molecule has 1 fully saturated rings. The van der Waals surface area contributed by atoms with Crippen LogP contribution in [0.5, 0.6) is 0 Å². The number of hydrogen-bond acceptors (Lipinski definition) is 5. The number of rotatable bonds is 4. The van der Waals surface area contributed by atoms with E-state index in [1.54, 1.807) is 24.5 Å². The number of urea groups is 1. The first-order valence-corrected chi connectivity index (χ1v) is 8.96. The van der Waals surface area contributed by atoms with E-state index in [0.29, 0.717) is 11.3 Å². The zero-order valence-electron chi connectivity index (χ0n) is 15.9. The monoisotopic (exact) mass is 390 g/mol. The molecule has 1 N–H and O–H groups in total. The number of pyridine rings is 1. The molecule has 4 heterocycles. The molecular weight excluding hydrogens is 372 g/mol. The van der Waals surface area contributed by atoms with Gasteiger partial charge in [-0.05, 0) is 55.8 Å². The highest BCUT2D eigenvalue weighted by atomic mass is 16.3. The Balaban J connectivity index is 1.71. The maximum atomic E-state index is 12.9. The van der Waals surface area contributed by atoms with Crippen LogP contribution in [0.15, 0.2) is 59.0 Å². The Morgan fingerprint density at radius 2 is 2.00 bits per heavy atom. The van der Waals surface area contributed by atoms with Crippen molar-refractivity contribution in [3.8, 4) is 5.69 Å². The molecule has 1 aliphatic heterocycles. The van der Waals surface area contributed by atoms with Crippen molar-refractivity contribution >= 4 is 23.9 Å². The highest BCUT2D eigenvalue weighted by Crippen LogP contribution is 2.24. The van der Waals surface area contributed by atoms with Crippen LogP contribution in [0.2, 0.25) is 0 Å². The fraction of sp³-hybridized carbons (Fsp3) is 0.143. The van der Waals surface area contributed by atoms with Gasteiger partial charge >= 0.3 is 6.03 Å². The minimum atomic E-state index is -0.769. The summed E-state index contributed by atoms with van der Waals surface area (Å²) < 4.78 is 7.20. The molecule has 0 radical (unpaired) electrons. The maximum Gasteiger partial charge on any atom is 0.331 e. The van der Waals surface area contributed by atoms with Gasteiger partial charge in [-0.25, -0.2) is 4.79 Å². The summed E-state index contributed by atoms with van der Waals surface area (Å²) >= 11 is 0. The summed E-state index contributed by atoms with van der Waals surface area (Å²) in [5.74, 6) is -0.944. The summed E-state index contributed by atoms with van der Waals surface area (Å²) in [7, 11) is 0. The number of carbonyl (C=O) groups is 3. The minimum absolute atomic E-state index is 0.0585. The Morgan fingerprint density at radius 3 is 2.69 bits per heavy atom. The normalized spacial score (nSPS) is 15.9. The average Bonchev–Trinajstić information content (AvgIpc) is 3.30. The average molecular weight is 390 g/mol. The van der Waals surface area contributed by atoms with E-state index in [9.17, 15) is 14.4 Å². The van der Waals surface area contributed by atoms with Crippen LogP contribution in [0.3, 0.4) is 0 Å². The summed E-state index contributed by atoms with van der Waals surface area (Å²) in [5, 5.41) is 2.22. The summed E-state index contributed by atoms with van der Waals surface area (Å²) in [6.45, 7) is 3.76. The standard InChI is InChI=1S/C21H18N4O4/c1-13-9-15(14(2)25(13)16-5-3-7-22-11-16)10-18-19(26)23-21(28)24(20(18)27)12-17-6-4-8-29-17/h3-11H,12H2,1-2H3,(H,23,26,28). The molecule has 3 aromatic rings. The van der Waals surface area contributed by atoms with Crippen molar-refractivity contribution in [2.75, 3.05) is 0 Å². The maximum absolute atomic E-state index is 12.9. The summed E-state index contributed by atoms with van der Waals surface area (Å²) in [6.07, 6.45) is 6.39. The van der Waals surface area contributed by atoms with Crippen molar-refractivity contribution in [2.24, 2.45) is 0 Å². The molecular formula is C21H18N4O4. The smallest absolute Gasteiger partial charge is 0.331 e. The van der Waals surface area contributed by atoms with Crippen molar-refractivity contribution in [1.82, 2.24) is 19.8 Å². The highest BCUT2D eigenvalue weighted by Gasteiger charge is 2.36. The number of imide groups is 2. The van der Waals surface area contributed by atoms with E-state index in [0.717, 1.165) is 22.0 Å². The molecule has 1 saturated heterocycles. The number of amides is 4. The molecule has 0 unspecified atom stereocenters. The van der Waals surface area contributed by atoms with Crippen LogP contribution in [0.4, 0.5) is 4.79 Å². The van der Waals surface area contributed by atoms with Gasteiger partial charge in [-0.1, -0.05) is 0 Å². The third-order valence-corrected chi connectivity index (χ3v) is 4.75. The molecule has 3 aromatic heterocycles. The molecule has 8 nitrogen and oxygen atoms in total. The topological polar surface area (TPSA) is 97.4 Å². The Bertz CT molecular complexity index is 1130. The number of hydrogen-bond donors (Lipinski definition) is 1. The number of aryl methyl sites for hydroxylation is 1. The number of nitrogens with one attached hydrogen (secondary N) is 1. The Hall–Kier alpha value is -3.94. The lowest BCUT2D eigenvalue weighted by molar-refractivity contribution is -0.130. The van der Waals surface area contributed by atoms with Gasteiger partial charge in [0.1, 0.15) is 11.3 Å². The Labute approximate surface area is 166 Å². The summed E-state index contributed by atoms with van der Waals surface area (Å²) in [5.41, 5.74) is 3.24. The van der Waals surface area contributed by atoms with Gasteiger partial charge < -0.3 is 8.98 Å². The van der Waals surface area contributed by atoms with Crippen molar-refractivity contribution in [3.63, 3.8) is 0 Å². The predicted octanol–water partition coefficient (Wildman–Crippen LogP) is 2.74. The van der Waals surface area contributed by atoms with E-state index in [4.69, 9.17) is 4.42 Å². The second kappa shape index (κ2) is 7.23. The third kappa shape index (κ3) is 3.36. The fourth-order valence-electron chi connectivity index (χ4n) is 3.37. The zero-order valence-corrected chi connectivity index (χ0v) is 15.9. The quantitative estimate of drug-likeness (QED) is 0.546. The van der Waals surface area contributed by atoms with Crippen molar-refractivity contribution in [3.05, 3.63) is 77.3 Å². The van der Waals surface area contributed by atoms with Crippen LogP contribution in [0, 0.1) is 13.8 Å². The first-order chi connectivity index (χ1) is 14.0. The van der Waals surface area contributed by atoms with Gasteiger partial charge in [-0.3, -0.25) is 24.8 Å². The van der Waals surface area contributed by atoms with Gasteiger partial charge in [0.2, 0.25) is 0 Å². The van der Waals surface area contributed by atoms with Gasteiger partial charge in [0.05, 0.1) is 24.7 Å². The molecule has 8 heteroatoms. The first kappa shape index (κ1) is 18.4. The van der Waals surface area contributed by atoms with E-state index < -0.39 is 17.8 Å². The number of aromatic nitrogens is 2. The lowest BCUT2D eigenvalue weighted by Gasteiger charge is -2.25.